The van der Waals surface area contributed by atoms with Crippen molar-refractivity contribution >= 4 is 34.2 Å². The van der Waals surface area contributed by atoms with E-state index < -0.39 is 0 Å². The topological polar surface area (TPSA) is 84.0 Å². The Bertz CT molecular complexity index is 870. The van der Waals surface area contributed by atoms with Gasteiger partial charge in [0.1, 0.15) is 5.52 Å². The number of nitrogens with one attached hydrogen (secondary N) is 2. The highest BCUT2D eigenvalue weighted by Crippen LogP contribution is 2.18. The Morgan fingerprint density at radius 2 is 1.52 bits per heavy atom. The Morgan fingerprint density at radius 1 is 0.870 bits per heavy atom. The Balaban J connectivity index is 1.82. The van der Waals surface area contributed by atoms with Gasteiger partial charge in [-0.15, -0.1) is 0 Å². The summed E-state index contributed by atoms with van der Waals surface area (Å²) in [4.78, 5) is 31.8. The quantitative estimate of drug-likeness (QED) is 0.779. The van der Waals surface area contributed by atoms with Crippen molar-refractivity contribution in [2.75, 3.05) is 10.6 Å². The highest BCUT2D eigenvalue weighted by Gasteiger charge is 2.11. The standard InChI is InChI=1S/C17H14N4O2/c1-11(22)20-12-5-7-13(8-6-12)21-17(23)14-3-2-4-15-16(14)19-10-9-18-15/h2-10H,1H3,(H,20,22)(H,21,23). The van der Waals surface area contributed by atoms with Gasteiger partial charge in [0.25, 0.3) is 5.91 Å². The van der Waals surface area contributed by atoms with E-state index in [9.17, 15) is 9.59 Å². The highest BCUT2D eigenvalue weighted by molar-refractivity contribution is 6.11. The van der Waals surface area contributed by atoms with Crippen LogP contribution in [-0.2, 0) is 4.79 Å². The molecule has 6 heteroatoms. The summed E-state index contributed by atoms with van der Waals surface area (Å²) in [6.07, 6.45) is 3.14. The zero-order valence-corrected chi connectivity index (χ0v) is 12.4. The third-order valence-electron chi connectivity index (χ3n) is 3.21. The SMILES string of the molecule is CC(=O)Nc1ccc(NC(=O)c2cccc3nccnc23)cc1. The fourth-order valence-corrected chi connectivity index (χ4v) is 2.21. The van der Waals surface area contributed by atoms with Gasteiger partial charge >= 0.3 is 0 Å². The minimum atomic E-state index is -0.261. The Labute approximate surface area is 132 Å². The summed E-state index contributed by atoms with van der Waals surface area (Å²) in [5, 5.41) is 5.48. The molecule has 0 unspecified atom stereocenters. The number of fused-ring (bicyclic) bond motifs is 1. The number of benzene rings is 2. The normalized spacial score (nSPS) is 10.3. The van der Waals surface area contributed by atoms with Crippen LogP contribution in [0.25, 0.3) is 11.0 Å². The van der Waals surface area contributed by atoms with Crippen LogP contribution in [0.1, 0.15) is 17.3 Å². The smallest absolute Gasteiger partial charge is 0.257 e. The van der Waals surface area contributed by atoms with Gasteiger partial charge in [0.2, 0.25) is 5.91 Å². The summed E-state index contributed by atoms with van der Waals surface area (Å²) in [5.74, 6) is -0.403. The molecule has 0 saturated carbocycles. The number of rotatable bonds is 3. The first-order valence-electron chi connectivity index (χ1n) is 7.02. The largest absolute Gasteiger partial charge is 0.326 e. The van der Waals surface area contributed by atoms with Crippen molar-refractivity contribution in [2.24, 2.45) is 0 Å². The van der Waals surface area contributed by atoms with E-state index in [1.807, 2.05) is 0 Å². The average Bonchev–Trinajstić information content (AvgIpc) is 2.55. The molecule has 0 radical (unpaired) electrons. The lowest BCUT2D eigenvalue weighted by atomic mass is 10.1. The van der Waals surface area contributed by atoms with Gasteiger partial charge in [0, 0.05) is 30.7 Å². The highest BCUT2D eigenvalue weighted by atomic mass is 16.2. The molecule has 0 saturated heterocycles. The van der Waals surface area contributed by atoms with Gasteiger partial charge in [-0.2, -0.15) is 0 Å². The van der Waals surface area contributed by atoms with E-state index in [4.69, 9.17) is 0 Å². The number of hydrogen-bond acceptors (Lipinski definition) is 4. The van der Waals surface area contributed by atoms with E-state index in [0.29, 0.717) is 28.0 Å². The number of para-hydroxylation sites is 1. The zero-order chi connectivity index (χ0) is 16.2. The van der Waals surface area contributed by atoms with Crippen molar-refractivity contribution in [3.05, 3.63) is 60.4 Å². The summed E-state index contributed by atoms with van der Waals surface area (Å²) in [5.41, 5.74) is 2.99. The van der Waals surface area contributed by atoms with Gasteiger partial charge in [0.15, 0.2) is 0 Å². The maximum absolute atomic E-state index is 12.4. The lowest BCUT2D eigenvalue weighted by molar-refractivity contribution is -0.114. The second kappa shape index (κ2) is 6.23. The molecule has 114 valence electrons. The molecule has 2 N–H and O–H groups in total. The molecule has 0 bridgehead atoms. The number of aromatic nitrogens is 2. The average molecular weight is 306 g/mol. The molecule has 1 aromatic heterocycles. The molecular formula is C17H14N4O2. The number of amides is 2. The van der Waals surface area contributed by atoms with E-state index >= 15 is 0 Å². The van der Waals surface area contributed by atoms with Crippen LogP contribution in [0.3, 0.4) is 0 Å². The van der Waals surface area contributed by atoms with Gasteiger partial charge in [0.05, 0.1) is 11.1 Å². The van der Waals surface area contributed by atoms with Crippen LogP contribution in [0.4, 0.5) is 11.4 Å². The predicted molar refractivity (Wildman–Crippen MR) is 88.2 cm³/mol. The van der Waals surface area contributed by atoms with E-state index in [-0.39, 0.29) is 11.8 Å². The molecule has 0 atom stereocenters. The summed E-state index contributed by atoms with van der Waals surface area (Å²) in [7, 11) is 0. The number of anilines is 2. The first kappa shape index (κ1) is 14.6. The van der Waals surface area contributed by atoms with Crippen LogP contribution in [0, 0.1) is 0 Å². The third kappa shape index (κ3) is 3.32. The van der Waals surface area contributed by atoms with Crippen molar-refractivity contribution < 1.29 is 9.59 Å². The Kier molecular flexibility index (Phi) is 3.97. The van der Waals surface area contributed by atoms with Gasteiger partial charge in [-0.1, -0.05) is 6.07 Å². The lowest BCUT2D eigenvalue weighted by Gasteiger charge is -2.08. The first-order valence-corrected chi connectivity index (χ1v) is 7.02. The first-order chi connectivity index (χ1) is 11.1. The van der Waals surface area contributed by atoms with Crippen molar-refractivity contribution in [2.45, 2.75) is 6.92 Å². The minimum absolute atomic E-state index is 0.142. The molecular weight excluding hydrogens is 292 g/mol. The molecule has 3 aromatic rings. The van der Waals surface area contributed by atoms with Crippen LogP contribution in [0.2, 0.25) is 0 Å². The fraction of sp³-hybridized carbons (Fsp3) is 0.0588. The molecule has 0 fully saturated rings. The molecule has 0 spiro atoms. The second-order valence-corrected chi connectivity index (χ2v) is 4.94. The second-order valence-electron chi connectivity index (χ2n) is 4.94. The van der Waals surface area contributed by atoms with E-state index in [1.165, 1.54) is 6.92 Å². The number of carbonyl (C=O) groups excluding carboxylic acids is 2. The summed E-state index contributed by atoms with van der Waals surface area (Å²) in [6.45, 7) is 1.44. The Morgan fingerprint density at radius 3 is 2.22 bits per heavy atom. The molecule has 23 heavy (non-hydrogen) atoms. The predicted octanol–water partition coefficient (Wildman–Crippen LogP) is 2.84. The molecule has 2 aromatic carbocycles. The number of nitrogens with zero attached hydrogens (tertiary/aromatic N) is 2. The van der Waals surface area contributed by atoms with Gasteiger partial charge in [-0.3, -0.25) is 19.6 Å². The molecule has 1 heterocycles. The van der Waals surface area contributed by atoms with Crippen LogP contribution in [0.15, 0.2) is 54.9 Å². The molecule has 6 nitrogen and oxygen atoms in total. The molecule has 3 rings (SSSR count). The van der Waals surface area contributed by atoms with E-state index in [2.05, 4.69) is 20.6 Å². The van der Waals surface area contributed by atoms with Gasteiger partial charge in [-0.25, -0.2) is 0 Å². The van der Waals surface area contributed by atoms with Gasteiger partial charge in [-0.05, 0) is 36.4 Å². The van der Waals surface area contributed by atoms with Crippen LogP contribution in [0.5, 0.6) is 0 Å². The summed E-state index contributed by atoms with van der Waals surface area (Å²) >= 11 is 0. The van der Waals surface area contributed by atoms with Crippen LogP contribution < -0.4 is 10.6 Å². The number of carbonyl (C=O) groups is 2. The van der Waals surface area contributed by atoms with Crippen LogP contribution >= 0.6 is 0 Å². The zero-order valence-electron chi connectivity index (χ0n) is 12.4. The molecule has 0 aliphatic rings. The molecule has 0 aliphatic carbocycles. The fourth-order valence-electron chi connectivity index (χ4n) is 2.21. The maximum atomic E-state index is 12.4. The Hall–Kier alpha value is -3.28. The van der Waals surface area contributed by atoms with Crippen molar-refractivity contribution in [3.63, 3.8) is 0 Å². The van der Waals surface area contributed by atoms with Crippen LogP contribution in [-0.4, -0.2) is 21.8 Å². The van der Waals surface area contributed by atoms with Crippen molar-refractivity contribution in [1.29, 1.82) is 0 Å². The summed E-state index contributed by atoms with van der Waals surface area (Å²) in [6, 6.07) is 12.2. The lowest BCUT2D eigenvalue weighted by Crippen LogP contribution is -2.13. The number of hydrogen-bond donors (Lipinski definition) is 2. The van der Waals surface area contributed by atoms with Crippen molar-refractivity contribution in [3.8, 4) is 0 Å². The summed E-state index contributed by atoms with van der Waals surface area (Å²) < 4.78 is 0. The maximum Gasteiger partial charge on any atom is 0.257 e. The van der Waals surface area contributed by atoms with E-state index in [0.717, 1.165) is 0 Å². The van der Waals surface area contributed by atoms with E-state index in [1.54, 1.807) is 54.9 Å². The van der Waals surface area contributed by atoms with Gasteiger partial charge < -0.3 is 10.6 Å². The molecule has 2 amide bonds. The third-order valence-corrected chi connectivity index (χ3v) is 3.21. The molecule has 0 aliphatic heterocycles. The minimum Gasteiger partial charge on any atom is -0.326 e. The monoisotopic (exact) mass is 306 g/mol. The van der Waals surface area contributed by atoms with Crippen molar-refractivity contribution in [1.82, 2.24) is 9.97 Å².